The summed E-state index contributed by atoms with van der Waals surface area (Å²) in [5, 5.41) is 9.14. The Balaban J connectivity index is 2.23. The lowest BCUT2D eigenvalue weighted by atomic mass is 10.2. The van der Waals surface area contributed by atoms with E-state index in [4.69, 9.17) is 14.3 Å². The molecule has 2 aromatic heterocycles. The Morgan fingerprint density at radius 1 is 1.30 bits per heavy atom. The Morgan fingerprint density at radius 3 is 2.90 bits per heavy atom. The lowest BCUT2D eigenvalue weighted by molar-refractivity contribution is 0.0698. The smallest absolute Gasteiger partial charge is 0.339 e. The molecule has 0 saturated heterocycles. The van der Waals surface area contributed by atoms with Crippen molar-refractivity contribution in [2.45, 2.75) is 0 Å². The van der Waals surface area contributed by atoms with Crippen LogP contribution >= 0.6 is 0 Å². The molecule has 3 rings (SSSR count). The van der Waals surface area contributed by atoms with Gasteiger partial charge in [0.2, 0.25) is 11.8 Å². The van der Waals surface area contributed by atoms with Gasteiger partial charge in [0.1, 0.15) is 11.1 Å². The second-order valence-corrected chi connectivity index (χ2v) is 4.04. The molecule has 0 unspecified atom stereocenters. The van der Waals surface area contributed by atoms with Crippen LogP contribution in [0.3, 0.4) is 0 Å². The van der Waals surface area contributed by atoms with E-state index in [1.54, 1.807) is 30.5 Å². The maximum atomic E-state index is 11.2. The van der Waals surface area contributed by atoms with Gasteiger partial charge in [0.05, 0.1) is 12.7 Å². The molecule has 0 saturated carbocycles. The van der Waals surface area contributed by atoms with Crippen LogP contribution in [-0.2, 0) is 0 Å². The van der Waals surface area contributed by atoms with Gasteiger partial charge in [-0.05, 0) is 24.3 Å². The van der Waals surface area contributed by atoms with E-state index in [1.165, 1.54) is 13.2 Å². The first-order valence-corrected chi connectivity index (χ1v) is 5.83. The molecule has 0 amide bonds. The van der Waals surface area contributed by atoms with E-state index >= 15 is 0 Å². The van der Waals surface area contributed by atoms with Crippen LogP contribution in [0.2, 0.25) is 0 Å². The number of nitrogens with zero attached hydrogens (tertiary/aromatic N) is 2. The number of fused-ring (bicyclic) bond motifs is 1. The molecule has 1 N–H and O–H groups in total. The standard InChI is InChI=1S/C14H10N2O4/c1-19-12-9(5-3-7-15-12)13-16-10-6-2-4-8(14(17)18)11(10)20-13/h2-7H,1H3,(H,17,18). The van der Waals surface area contributed by atoms with Crippen LogP contribution in [0.1, 0.15) is 10.4 Å². The highest BCUT2D eigenvalue weighted by Crippen LogP contribution is 2.31. The quantitative estimate of drug-likeness (QED) is 0.787. The van der Waals surface area contributed by atoms with Crippen LogP contribution in [0.25, 0.3) is 22.6 Å². The molecule has 0 bridgehead atoms. The van der Waals surface area contributed by atoms with Crippen molar-refractivity contribution >= 4 is 17.1 Å². The third kappa shape index (κ3) is 1.87. The van der Waals surface area contributed by atoms with Crippen molar-refractivity contribution in [3.05, 3.63) is 42.1 Å². The molecule has 0 radical (unpaired) electrons. The van der Waals surface area contributed by atoms with Gasteiger partial charge in [-0.25, -0.2) is 14.8 Å². The number of carbonyl (C=O) groups is 1. The van der Waals surface area contributed by atoms with Crippen molar-refractivity contribution in [1.82, 2.24) is 9.97 Å². The number of ether oxygens (including phenoxy) is 1. The number of carboxylic acid groups (broad SMARTS) is 1. The Kier molecular flexibility index (Phi) is 2.83. The molecule has 1 aromatic carbocycles. The number of carboxylic acids is 1. The van der Waals surface area contributed by atoms with Gasteiger partial charge in [-0.3, -0.25) is 0 Å². The van der Waals surface area contributed by atoms with Crippen LogP contribution in [-0.4, -0.2) is 28.2 Å². The molecule has 6 nitrogen and oxygen atoms in total. The second-order valence-electron chi connectivity index (χ2n) is 4.04. The minimum Gasteiger partial charge on any atom is -0.480 e. The molecule has 0 fully saturated rings. The monoisotopic (exact) mass is 270 g/mol. The molecular formula is C14H10N2O4. The SMILES string of the molecule is COc1ncccc1-c1nc2cccc(C(=O)O)c2o1. The van der Waals surface area contributed by atoms with Crippen LogP contribution in [0, 0.1) is 0 Å². The van der Waals surface area contributed by atoms with Crippen molar-refractivity contribution in [2.75, 3.05) is 7.11 Å². The molecule has 3 aromatic rings. The number of aromatic nitrogens is 2. The van der Waals surface area contributed by atoms with Crippen molar-refractivity contribution in [1.29, 1.82) is 0 Å². The van der Waals surface area contributed by atoms with E-state index in [1.807, 2.05) is 0 Å². The lowest BCUT2D eigenvalue weighted by Gasteiger charge is -2.02. The Bertz CT molecular complexity index is 795. The first-order chi connectivity index (χ1) is 9.70. The van der Waals surface area contributed by atoms with Crippen LogP contribution < -0.4 is 4.74 Å². The van der Waals surface area contributed by atoms with E-state index in [9.17, 15) is 4.79 Å². The normalized spacial score (nSPS) is 10.7. The maximum Gasteiger partial charge on any atom is 0.339 e. The number of para-hydroxylation sites is 1. The zero-order valence-electron chi connectivity index (χ0n) is 10.5. The van der Waals surface area contributed by atoms with Gasteiger partial charge in [-0.15, -0.1) is 0 Å². The third-order valence-corrected chi connectivity index (χ3v) is 2.84. The molecule has 100 valence electrons. The highest BCUT2D eigenvalue weighted by Gasteiger charge is 2.17. The Labute approximate surface area is 113 Å². The fourth-order valence-corrected chi connectivity index (χ4v) is 1.95. The summed E-state index contributed by atoms with van der Waals surface area (Å²) in [4.78, 5) is 19.5. The van der Waals surface area contributed by atoms with Gasteiger partial charge < -0.3 is 14.3 Å². The molecule has 0 atom stereocenters. The van der Waals surface area contributed by atoms with Crippen LogP contribution in [0.4, 0.5) is 0 Å². The van der Waals surface area contributed by atoms with Crippen molar-refractivity contribution < 1.29 is 19.1 Å². The van der Waals surface area contributed by atoms with Crippen LogP contribution in [0.5, 0.6) is 5.88 Å². The molecule has 20 heavy (non-hydrogen) atoms. The summed E-state index contributed by atoms with van der Waals surface area (Å²) >= 11 is 0. The first kappa shape index (κ1) is 12.2. The number of hydrogen-bond acceptors (Lipinski definition) is 5. The largest absolute Gasteiger partial charge is 0.480 e. The van der Waals surface area contributed by atoms with Crippen molar-refractivity contribution in [3.63, 3.8) is 0 Å². The fourth-order valence-electron chi connectivity index (χ4n) is 1.95. The summed E-state index contributed by atoms with van der Waals surface area (Å²) in [5.41, 5.74) is 1.36. The van der Waals surface area contributed by atoms with E-state index < -0.39 is 5.97 Å². The Morgan fingerprint density at radius 2 is 2.15 bits per heavy atom. The molecule has 0 aliphatic rings. The molecular weight excluding hydrogens is 260 g/mol. The number of benzene rings is 1. The van der Waals surface area contributed by atoms with E-state index in [2.05, 4.69) is 9.97 Å². The fraction of sp³-hybridized carbons (Fsp3) is 0.0714. The number of hydrogen-bond donors (Lipinski definition) is 1. The van der Waals surface area contributed by atoms with E-state index in [0.717, 1.165) is 0 Å². The number of pyridine rings is 1. The lowest BCUT2D eigenvalue weighted by Crippen LogP contribution is -1.95. The summed E-state index contributed by atoms with van der Waals surface area (Å²) in [6.07, 6.45) is 1.59. The number of methoxy groups -OCH3 is 1. The van der Waals surface area contributed by atoms with E-state index in [0.29, 0.717) is 17.0 Å². The van der Waals surface area contributed by atoms with Gasteiger partial charge in [-0.2, -0.15) is 0 Å². The zero-order valence-corrected chi connectivity index (χ0v) is 10.5. The molecule has 6 heteroatoms. The highest BCUT2D eigenvalue weighted by atomic mass is 16.5. The minimum atomic E-state index is -1.06. The van der Waals surface area contributed by atoms with Gasteiger partial charge in [0.25, 0.3) is 0 Å². The van der Waals surface area contributed by atoms with Crippen molar-refractivity contribution in [3.8, 4) is 17.3 Å². The number of rotatable bonds is 3. The summed E-state index contributed by atoms with van der Waals surface area (Å²) in [6.45, 7) is 0. The minimum absolute atomic E-state index is 0.0732. The molecule has 0 aliphatic heterocycles. The summed E-state index contributed by atoms with van der Waals surface area (Å²) in [7, 11) is 1.50. The Hall–Kier alpha value is -2.89. The van der Waals surface area contributed by atoms with Gasteiger partial charge in [-0.1, -0.05) is 6.07 Å². The zero-order chi connectivity index (χ0) is 14.1. The predicted octanol–water partition coefficient (Wildman–Crippen LogP) is 2.60. The number of aromatic carboxylic acids is 1. The van der Waals surface area contributed by atoms with E-state index in [-0.39, 0.29) is 17.0 Å². The average Bonchev–Trinajstić information content (AvgIpc) is 2.90. The predicted molar refractivity (Wildman–Crippen MR) is 70.8 cm³/mol. The maximum absolute atomic E-state index is 11.2. The first-order valence-electron chi connectivity index (χ1n) is 5.83. The highest BCUT2D eigenvalue weighted by molar-refractivity contribution is 6.00. The van der Waals surface area contributed by atoms with Crippen molar-refractivity contribution in [2.24, 2.45) is 0 Å². The average molecular weight is 270 g/mol. The van der Waals surface area contributed by atoms with Gasteiger partial charge in [0, 0.05) is 6.20 Å². The molecule has 0 spiro atoms. The van der Waals surface area contributed by atoms with Gasteiger partial charge >= 0.3 is 5.97 Å². The molecule has 2 heterocycles. The summed E-state index contributed by atoms with van der Waals surface area (Å²) in [5.74, 6) is -0.411. The van der Waals surface area contributed by atoms with Gasteiger partial charge in [0.15, 0.2) is 5.58 Å². The molecule has 0 aliphatic carbocycles. The van der Waals surface area contributed by atoms with Crippen LogP contribution in [0.15, 0.2) is 40.9 Å². The summed E-state index contributed by atoms with van der Waals surface area (Å²) < 4.78 is 10.7. The summed E-state index contributed by atoms with van der Waals surface area (Å²) in [6, 6.07) is 8.26. The third-order valence-electron chi connectivity index (χ3n) is 2.84. The topological polar surface area (TPSA) is 85.5 Å². The number of oxazole rings is 1. The second kappa shape index (κ2) is 4.65.